The highest BCUT2D eigenvalue weighted by Crippen LogP contribution is 2.37. The predicted molar refractivity (Wildman–Crippen MR) is 78.4 cm³/mol. The summed E-state index contributed by atoms with van der Waals surface area (Å²) in [6.07, 6.45) is 0. The molecule has 2 aromatic heterocycles. The third kappa shape index (κ3) is 2.92. The molecule has 2 aromatic rings. The second-order valence-corrected chi connectivity index (χ2v) is 8.51. The summed E-state index contributed by atoms with van der Waals surface area (Å²) in [5.41, 5.74) is 0.298. The Morgan fingerprint density at radius 3 is 2.50 bits per heavy atom. The lowest BCUT2D eigenvalue weighted by Gasteiger charge is -2.00. The van der Waals surface area contributed by atoms with Crippen molar-refractivity contribution in [3.63, 3.8) is 0 Å². The van der Waals surface area contributed by atoms with Crippen LogP contribution in [0, 0.1) is 24.0 Å². The molecule has 108 valence electrons. The van der Waals surface area contributed by atoms with Crippen LogP contribution in [-0.2, 0) is 10.0 Å². The van der Waals surface area contributed by atoms with E-state index in [9.17, 15) is 18.5 Å². The number of hydrogen-bond acceptors (Lipinski definition) is 7. The van der Waals surface area contributed by atoms with Crippen LogP contribution in [0.3, 0.4) is 0 Å². The first-order chi connectivity index (χ1) is 9.20. The van der Waals surface area contributed by atoms with Gasteiger partial charge in [0.05, 0.1) is 10.6 Å². The molecule has 0 aliphatic rings. The summed E-state index contributed by atoms with van der Waals surface area (Å²) in [7, 11) is -3.92. The molecule has 0 saturated heterocycles. The summed E-state index contributed by atoms with van der Waals surface area (Å²) in [5.74, 6) is 0. The summed E-state index contributed by atoms with van der Waals surface area (Å²) in [4.78, 5) is 14.9. The molecule has 0 spiro atoms. The van der Waals surface area contributed by atoms with Crippen molar-refractivity contribution in [2.24, 2.45) is 0 Å². The number of aryl methyl sites for hydroxylation is 2. The van der Waals surface area contributed by atoms with E-state index in [-0.39, 0.29) is 13.7 Å². The average Bonchev–Trinajstić information content (AvgIpc) is 2.83. The van der Waals surface area contributed by atoms with E-state index in [1.807, 2.05) is 6.92 Å². The molecule has 1 N–H and O–H groups in total. The molecule has 2 rings (SSSR count). The van der Waals surface area contributed by atoms with Crippen molar-refractivity contribution < 1.29 is 13.3 Å². The quantitative estimate of drug-likeness (QED) is 0.671. The minimum Gasteiger partial charge on any atom is -0.258 e. The number of hydrogen-bond donors (Lipinski definition) is 1. The Bertz CT molecular complexity index is 761. The lowest BCUT2D eigenvalue weighted by Crippen LogP contribution is -2.11. The number of nitro groups is 1. The lowest BCUT2D eigenvalue weighted by molar-refractivity contribution is -0.384. The van der Waals surface area contributed by atoms with Gasteiger partial charge in [0.15, 0.2) is 9.47 Å². The Balaban J connectivity index is 2.35. The SMILES string of the molecule is Cc1nc(NS(=O)(=O)c2cc([N+](=O)[O-])c(Cl)s2)sc1C. The summed E-state index contributed by atoms with van der Waals surface area (Å²) in [5, 5.41) is 10.9. The van der Waals surface area contributed by atoms with Crippen LogP contribution in [0.5, 0.6) is 0 Å². The zero-order valence-electron chi connectivity index (χ0n) is 10.2. The van der Waals surface area contributed by atoms with Crippen molar-refractivity contribution in [3.05, 3.63) is 31.1 Å². The van der Waals surface area contributed by atoms with E-state index in [4.69, 9.17) is 11.6 Å². The summed E-state index contributed by atoms with van der Waals surface area (Å²) >= 11 is 7.47. The number of sulfonamides is 1. The zero-order chi connectivity index (χ0) is 15.1. The van der Waals surface area contributed by atoms with Gasteiger partial charge in [-0.3, -0.25) is 14.8 Å². The number of aromatic nitrogens is 1. The fraction of sp³-hybridized carbons (Fsp3) is 0.222. The minimum absolute atomic E-state index is 0.179. The van der Waals surface area contributed by atoms with E-state index < -0.39 is 20.6 Å². The molecule has 0 aromatic carbocycles. The van der Waals surface area contributed by atoms with Crippen LogP contribution >= 0.6 is 34.3 Å². The van der Waals surface area contributed by atoms with Crippen molar-refractivity contribution in [1.82, 2.24) is 4.98 Å². The molecule has 11 heteroatoms. The molecule has 0 aliphatic heterocycles. The molecule has 0 radical (unpaired) electrons. The molecule has 0 aliphatic carbocycles. The van der Waals surface area contributed by atoms with Crippen molar-refractivity contribution >= 4 is 55.1 Å². The van der Waals surface area contributed by atoms with Crippen LogP contribution in [0.25, 0.3) is 0 Å². The van der Waals surface area contributed by atoms with Gasteiger partial charge in [0.25, 0.3) is 15.7 Å². The molecule has 0 amide bonds. The molecule has 0 fully saturated rings. The lowest BCUT2D eigenvalue weighted by atomic mass is 10.4. The Hall–Kier alpha value is -1.23. The third-order valence-corrected chi connectivity index (χ3v) is 6.63. The summed E-state index contributed by atoms with van der Waals surface area (Å²) < 4.78 is 26.1. The van der Waals surface area contributed by atoms with E-state index in [0.717, 1.165) is 16.6 Å². The predicted octanol–water partition coefficient (Wildman–Crippen LogP) is 3.18. The van der Waals surface area contributed by atoms with Gasteiger partial charge in [0, 0.05) is 10.9 Å². The van der Waals surface area contributed by atoms with Gasteiger partial charge in [-0.25, -0.2) is 13.4 Å². The van der Waals surface area contributed by atoms with E-state index in [2.05, 4.69) is 9.71 Å². The van der Waals surface area contributed by atoms with Gasteiger partial charge < -0.3 is 0 Å². The summed E-state index contributed by atoms with van der Waals surface area (Å²) in [6, 6.07) is 0.933. The zero-order valence-corrected chi connectivity index (χ0v) is 13.4. The van der Waals surface area contributed by atoms with Gasteiger partial charge in [-0.15, -0.1) is 22.7 Å². The molecular formula is C9H8ClN3O4S3. The van der Waals surface area contributed by atoms with Gasteiger partial charge in [-0.05, 0) is 13.8 Å². The number of thiophene rings is 1. The van der Waals surface area contributed by atoms with Crippen LogP contribution in [0.1, 0.15) is 10.6 Å². The maximum absolute atomic E-state index is 12.1. The highest BCUT2D eigenvalue weighted by atomic mass is 35.5. The highest BCUT2D eigenvalue weighted by molar-refractivity contribution is 7.95. The van der Waals surface area contributed by atoms with Gasteiger partial charge >= 0.3 is 0 Å². The van der Waals surface area contributed by atoms with Crippen LogP contribution in [0.4, 0.5) is 10.8 Å². The van der Waals surface area contributed by atoms with E-state index in [1.54, 1.807) is 6.92 Å². The number of thiazole rings is 1. The average molecular weight is 354 g/mol. The third-order valence-electron chi connectivity index (χ3n) is 2.36. The molecule has 0 bridgehead atoms. The van der Waals surface area contributed by atoms with Gasteiger partial charge in [-0.2, -0.15) is 0 Å². The molecule has 0 saturated carbocycles. The van der Waals surface area contributed by atoms with E-state index >= 15 is 0 Å². The molecule has 0 unspecified atom stereocenters. The largest absolute Gasteiger partial charge is 0.300 e. The number of halogens is 1. The van der Waals surface area contributed by atoms with Gasteiger partial charge in [0.2, 0.25) is 0 Å². The number of nitrogens with zero attached hydrogens (tertiary/aromatic N) is 2. The molecule has 0 atom stereocenters. The van der Waals surface area contributed by atoms with Crippen LogP contribution in [0.15, 0.2) is 10.3 Å². The van der Waals surface area contributed by atoms with E-state index in [1.165, 1.54) is 11.3 Å². The number of anilines is 1. The Labute approximate surface area is 127 Å². The first-order valence-corrected chi connectivity index (χ1v) is 8.60. The van der Waals surface area contributed by atoms with Crippen LogP contribution in [-0.4, -0.2) is 18.3 Å². The molecular weight excluding hydrogens is 346 g/mol. The number of rotatable bonds is 4. The minimum atomic E-state index is -3.92. The fourth-order valence-electron chi connectivity index (χ4n) is 1.28. The maximum atomic E-state index is 12.1. The highest BCUT2D eigenvalue weighted by Gasteiger charge is 2.26. The summed E-state index contributed by atoms with van der Waals surface area (Å²) in [6.45, 7) is 3.58. The van der Waals surface area contributed by atoms with Gasteiger partial charge in [0.1, 0.15) is 4.21 Å². The topological polar surface area (TPSA) is 102 Å². The molecule has 20 heavy (non-hydrogen) atoms. The Morgan fingerprint density at radius 1 is 1.40 bits per heavy atom. The second-order valence-electron chi connectivity index (χ2n) is 3.75. The van der Waals surface area contributed by atoms with Crippen LogP contribution in [0.2, 0.25) is 4.34 Å². The van der Waals surface area contributed by atoms with Crippen LogP contribution < -0.4 is 4.72 Å². The first-order valence-electron chi connectivity index (χ1n) is 5.11. The Kier molecular flexibility index (Phi) is 4.00. The van der Waals surface area contributed by atoms with E-state index in [0.29, 0.717) is 11.3 Å². The fourth-order valence-corrected chi connectivity index (χ4v) is 4.99. The standard InChI is InChI=1S/C9H8ClN3O4S3/c1-4-5(2)18-9(11-4)12-20(16,17)7-3-6(13(14)15)8(10)19-7/h3H,1-2H3,(H,11,12). The monoisotopic (exact) mass is 353 g/mol. The smallest absolute Gasteiger partial charge is 0.258 e. The van der Waals surface area contributed by atoms with Crippen molar-refractivity contribution in [1.29, 1.82) is 0 Å². The van der Waals surface area contributed by atoms with Gasteiger partial charge in [-0.1, -0.05) is 11.6 Å². The second kappa shape index (κ2) is 5.28. The van der Waals surface area contributed by atoms with Crippen molar-refractivity contribution in [2.75, 3.05) is 4.72 Å². The Morgan fingerprint density at radius 2 is 2.05 bits per heavy atom. The molecule has 7 nitrogen and oxygen atoms in total. The maximum Gasteiger partial charge on any atom is 0.300 e. The first kappa shape index (κ1) is 15.2. The molecule has 2 heterocycles. The van der Waals surface area contributed by atoms with Crippen molar-refractivity contribution in [3.8, 4) is 0 Å². The van der Waals surface area contributed by atoms with Crippen molar-refractivity contribution in [2.45, 2.75) is 18.1 Å². The number of nitrogens with one attached hydrogen (secondary N) is 1. The normalized spacial score (nSPS) is 11.6.